The van der Waals surface area contributed by atoms with Crippen molar-refractivity contribution in [1.29, 1.82) is 0 Å². The van der Waals surface area contributed by atoms with Crippen LogP contribution in [-0.4, -0.2) is 23.5 Å². The molecule has 1 aromatic carbocycles. The molecule has 2 aromatic rings. The summed E-state index contributed by atoms with van der Waals surface area (Å²) in [4.78, 5) is 0. The van der Waals surface area contributed by atoms with Crippen molar-refractivity contribution >= 4 is 11.6 Å². The second kappa shape index (κ2) is 6.30. The molecule has 0 saturated carbocycles. The predicted octanol–water partition coefficient (Wildman–Crippen LogP) is 2.51. The summed E-state index contributed by atoms with van der Waals surface area (Å²) >= 11 is 6.05. The van der Waals surface area contributed by atoms with Crippen LogP contribution < -0.4 is 5.73 Å². The molecule has 0 radical (unpaired) electrons. The van der Waals surface area contributed by atoms with Gasteiger partial charge in [0.15, 0.2) is 0 Å². The van der Waals surface area contributed by atoms with Gasteiger partial charge in [0.25, 0.3) is 0 Å². The number of ether oxygens (including phenoxy) is 1. The van der Waals surface area contributed by atoms with E-state index in [2.05, 4.69) is 5.10 Å². The number of methoxy groups -OCH3 is 1. The minimum absolute atomic E-state index is 0.160. The van der Waals surface area contributed by atoms with Gasteiger partial charge in [-0.3, -0.25) is 4.68 Å². The summed E-state index contributed by atoms with van der Waals surface area (Å²) in [6.07, 6.45) is 1.44. The summed E-state index contributed by atoms with van der Waals surface area (Å²) in [7, 11) is 1.56. The molecule has 1 heterocycles. The fraction of sp³-hybridized carbons (Fsp3) is 0.308. The van der Waals surface area contributed by atoms with Gasteiger partial charge < -0.3 is 10.5 Å². The van der Waals surface area contributed by atoms with Crippen molar-refractivity contribution in [2.75, 3.05) is 13.7 Å². The van der Waals surface area contributed by atoms with Gasteiger partial charge in [-0.15, -0.1) is 0 Å². The van der Waals surface area contributed by atoms with Gasteiger partial charge in [0.1, 0.15) is 11.6 Å². The summed E-state index contributed by atoms with van der Waals surface area (Å²) in [6.45, 7) is 0.860. The van der Waals surface area contributed by atoms with E-state index in [9.17, 15) is 8.78 Å². The lowest BCUT2D eigenvalue weighted by Crippen LogP contribution is -2.20. The first-order valence-electron chi connectivity index (χ1n) is 5.95. The molecular formula is C13H14ClF2N3O. The molecule has 0 aliphatic carbocycles. The van der Waals surface area contributed by atoms with E-state index in [4.69, 9.17) is 22.1 Å². The fourth-order valence-electron chi connectivity index (χ4n) is 1.94. The molecule has 2 N–H and O–H groups in total. The largest absolute Gasteiger partial charge is 0.383 e. The summed E-state index contributed by atoms with van der Waals surface area (Å²) in [5.74, 6) is -1.37. The number of nitrogens with two attached hydrogens (primary N) is 1. The van der Waals surface area contributed by atoms with Crippen LogP contribution in [0.4, 0.5) is 8.78 Å². The van der Waals surface area contributed by atoms with Gasteiger partial charge in [-0.2, -0.15) is 5.10 Å². The summed E-state index contributed by atoms with van der Waals surface area (Å²) in [5, 5.41) is 4.41. The first-order chi connectivity index (χ1) is 9.54. The van der Waals surface area contributed by atoms with Gasteiger partial charge in [0.2, 0.25) is 0 Å². The van der Waals surface area contributed by atoms with E-state index < -0.39 is 17.7 Å². The molecule has 20 heavy (non-hydrogen) atoms. The van der Waals surface area contributed by atoms with Crippen LogP contribution in [-0.2, 0) is 11.3 Å². The van der Waals surface area contributed by atoms with E-state index in [1.54, 1.807) is 11.8 Å². The fourth-order valence-corrected chi connectivity index (χ4v) is 2.20. The van der Waals surface area contributed by atoms with E-state index in [0.717, 1.165) is 12.1 Å². The predicted molar refractivity (Wildman–Crippen MR) is 71.5 cm³/mol. The normalized spacial score (nSPS) is 12.7. The summed E-state index contributed by atoms with van der Waals surface area (Å²) in [5.41, 5.74) is 6.66. The lowest BCUT2D eigenvalue weighted by molar-refractivity contribution is 0.182. The highest BCUT2D eigenvalue weighted by atomic mass is 35.5. The topological polar surface area (TPSA) is 53.1 Å². The SMILES string of the molecule is COCCn1ncc(Cl)c1C(N)c1ccc(F)cc1F. The second-order valence-corrected chi connectivity index (χ2v) is 4.64. The Kier molecular flexibility index (Phi) is 4.69. The quantitative estimate of drug-likeness (QED) is 0.923. The third-order valence-electron chi connectivity index (χ3n) is 2.93. The highest BCUT2D eigenvalue weighted by molar-refractivity contribution is 6.31. The Balaban J connectivity index is 2.37. The molecule has 0 saturated heterocycles. The standard InChI is InChI=1S/C13H14ClF2N3O/c1-20-5-4-19-13(10(14)7-18-19)12(17)9-3-2-8(15)6-11(9)16/h2-3,6-7,12H,4-5,17H2,1H3. The van der Waals surface area contributed by atoms with E-state index in [-0.39, 0.29) is 5.56 Å². The molecule has 4 nitrogen and oxygen atoms in total. The van der Waals surface area contributed by atoms with Crippen LogP contribution >= 0.6 is 11.6 Å². The maximum absolute atomic E-state index is 13.8. The molecule has 108 valence electrons. The number of benzene rings is 1. The Morgan fingerprint density at radius 1 is 1.45 bits per heavy atom. The van der Waals surface area contributed by atoms with Crippen LogP contribution in [0.5, 0.6) is 0 Å². The molecule has 1 unspecified atom stereocenters. The van der Waals surface area contributed by atoms with Crippen molar-refractivity contribution in [3.05, 3.63) is 52.3 Å². The smallest absolute Gasteiger partial charge is 0.131 e. The van der Waals surface area contributed by atoms with Crippen LogP contribution in [0.1, 0.15) is 17.3 Å². The van der Waals surface area contributed by atoms with Gasteiger partial charge in [-0.25, -0.2) is 8.78 Å². The van der Waals surface area contributed by atoms with Crippen LogP contribution in [0.3, 0.4) is 0 Å². The number of rotatable bonds is 5. The van der Waals surface area contributed by atoms with Gasteiger partial charge in [0.05, 0.1) is 36.1 Å². The van der Waals surface area contributed by atoms with E-state index >= 15 is 0 Å². The van der Waals surface area contributed by atoms with E-state index in [1.807, 2.05) is 0 Å². The molecule has 1 atom stereocenters. The first kappa shape index (κ1) is 14.9. The summed E-state index contributed by atoms with van der Waals surface area (Å²) < 4.78 is 33.2. The molecule has 2 rings (SSSR count). The second-order valence-electron chi connectivity index (χ2n) is 4.24. The molecule has 1 aromatic heterocycles. The molecular weight excluding hydrogens is 288 g/mol. The monoisotopic (exact) mass is 301 g/mol. The average molecular weight is 302 g/mol. The van der Waals surface area contributed by atoms with Gasteiger partial charge in [-0.05, 0) is 6.07 Å². The van der Waals surface area contributed by atoms with Crippen LogP contribution in [0.25, 0.3) is 0 Å². The molecule has 0 aliphatic rings. The molecule has 0 spiro atoms. The summed E-state index contributed by atoms with van der Waals surface area (Å²) in [6, 6.07) is 2.42. The number of hydrogen-bond acceptors (Lipinski definition) is 3. The number of nitrogens with zero attached hydrogens (tertiary/aromatic N) is 2. The highest BCUT2D eigenvalue weighted by Crippen LogP contribution is 2.28. The third-order valence-corrected chi connectivity index (χ3v) is 3.22. The zero-order chi connectivity index (χ0) is 14.7. The first-order valence-corrected chi connectivity index (χ1v) is 6.33. The molecule has 0 fully saturated rings. The lowest BCUT2D eigenvalue weighted by atomic mass is 10.0. The lowest BCUT2D eigenvalue weighted by Gasteiger charge is -2.16. The van der Waals surface area contributed by atoms with Crippen molar-refractivity contribution in [2.45, 2.75) is 12.6 Å². The van der Waals surface area contributed by atoms with Crippen molar-refractivity contribution in [3.8, 4) is 0 Å². The Morgan fingerprint density at radius 2 is 2.20 bits per heavy atom. The highest BCUT2D eigenvalue weighted by Gasteiger charge is 2.21. The van der Waals surface area contributed by atoms with E-state index in [1.165, 1.54) is 12.3 Å². The van der Waals surface area contributed by atoms with Gasteiger partial charge in [0, 0.05) is 18.7 Å². The Labute approximate surface area is 120 Å². The molecule has 0 bridgehead atoms. The molecule has 0 aliphatic heterocycles. The minimum Gasteiger partial charge on any atom is -0.383 e. The van der Waals surface area contributed by atoms with Crippen molar-refractivity contribution < 1.29 is 13.5 Å². The van der Waals surface area contributed by atoms with Crippen LogP contribution in [0.15, 0.2) is 24.4 Å². The van der Waals surface area contributed by atoms with Crippen LogP contribution in [0.2, 0.25) is 5.02 Å². The Morgan fingerprint density at radius 3 is 2.85 bits per heavy atom. The van der Waals surface area contributed by atoms with Crippen LogP contribution in [0, 0.1) is 11.6 Å². The maximum Gasteiger partial charge on any atom is 0.131 e. The van der Waals surface area contributed by atoms with Crippen molar-refractivity contribution in [1.82, 2.24) is 9.78 Å². The number of halogens is 3. The van der Waals surface area contributed by atoms with Gasteiger partial charge in [-0.1, -0.05) is 17.7 Å². The van der Waals surface area contributed by atoms with Gasteiger partial charge >= 0.3 is 0 Å². The molecule has 0 amide bonds. The zero-order valence-corrected chi connectivity index (χ0v) is 11.6. The Hall–Kier alpha value is -1.50. The van der Waals surface area contributed by atoms with Crippen molar-refractivity contribution in [3.63, 3.8) is 0 Å². The Bertz CT molecular complexity index is 603. The number of aromatic nitrogens is 2. The number of hydrogen-bond donors (Lipinski definition) is 1. The molecule has 7 heteroatoms. The zero-order valence-electron chi connectivity index (χ0n) is 10.8. The maximum atomic E-state index is 13.8. The van der Waals surface area contributed by atoms with E-state index in [0.29, 0.717) is 23.9 Å². The minimum atomic E-state index is -0.831. The third kappa shape index (κ3) is 2.98. The average Bonchev–Trinajstić information content (AvgIpc) is 2.77. The van der Waals surface area contributed by atoms with Crippen molar-refractivity contribution in [2.24, 2.45) is 5.73 Å².